The van der Waals surface area contributed by atoms with Gasteiger partial charge in [-0.3, -0.25) is 4.79 Å². The Morgan fingerprint density at radius 2 is 2.04 bits per heavy atom. The maximum absolute atomic E-state index is 11.8. The first-order valence-electron chi connectivity index (χ1n) is 8.39. The van der Waals surface area contributed by atoms with E-state index in [0.29, 0.717) is 31.8 Å². The van der Waals surface area contributed by atoms with Crippen molar-refractivity contribution in [3.05, 3.63) is 35.7 Å². The van der Waals surface area contributed by atoms with Gasteiger partial charge in [0, 0.05) is 12.5 Å². The van der Waals surface area contributed by atoms with E-state index in [1.165, 1.54) is 0 Å². The third-order valence-electron chi connectivity index (χ3n) is 3.99. The second kappa shape index (κ2) is 9.12. The van der Waals surface area contributed by atoms with Crippen molar-refractivity contribution in [3.8, 4) is 5.75 Å². The van der Waals surface area contributed by atoms with Gasteiger partial charge in [0.05, 0.1) is 5.92 Å². The first-order chi connectivity index (χ1) is 12.0. The molecule has 1 heterocycles. The summed E-state index contributed by atoms with van der Waals surface area (Å²) in [5, 5.41) is 23.8. The quantitative estimate of drug-likeness (QED) is 0.596. The number of nitrogens with zero attached hydrogens (tertiary/aromatic N) is 3. The number of H-pyrrole nitrogens is 1. The molecule has 0 aliphatic carbocycles. The van der Waals surface area contributed by atoms with Crippen LogP contribution in [0.3, 0.4) is 0 Å². The van der Waals surface area contributed by atoms with Crippen molar-refractivity contribution >= 4 is 5.97 Å². The summed E-state index contributed by atoms with van der Waals surface area (Å²) < 4.78 is 5.47. The molecule has 4 N–H and O–H groups in total. The zero-order valence-electron chi connectivity index (χ0n) is 14.6. The Balaban J connectivity index is 2.20. The maximum Gasteiger partial charge on any atom is 0.307 e. The lowest BCUT2D eigenvalue weighted by molar-refractivity contribution is -0.143. The number of hydrogen-bond donors (Lipinski definition) is 3. The number of benzene rings is 1. The molecule has 2 atom stereocenters. The van der Waals surface area contributed by atoms with Crippen molar-refractivity contribution in [2.75, 3.05) is 13.2 Å². The number of carboxylic acid groups (broad SMARTS) is 1. The van der Waals surface area contributed by atoms with Crippen LogP contribution in [0.2, 0.25) is 0 Å². The molecule has 0 bridgehead atoms. The molecule has 0 aliphatic heterocycles. The molecule has 0 unspecified atom stereocenters. The van der Waals surface area contributed by atoms with Crippen LogP contribution in [-0.4, -0.2) is 44.9 Å². The number of aromatic amines is 1. The van der Waals surface area contributed by atoms with Crippen LogP contribution in [0, 0.1) is 11.8 Å². The molecule has 0 radical (unpaired) electrons. The molecule has 1 aromatic heterocycles. The summed E-state index contributed by atoms with van der Waals surface area (Å²) in [6.45, 7) is 4.93. The SMILES string of the molecule is CC(C)C[C@H](C(=O)O)[C@H](Cc1ccc(OCCN)cc1)c1nn[nH]n1. The molecule has 8 heteroatoms. The van der Waals surface area contributed by atoms with Gasteiger partial charge in [-0.25, -0.2) is 0 Å². The summed E-state index contributed by atoms with van der Waals surface area (Å²) in [7, 11) is 0. The fourth-order valence-electron chi connectivity index (χ4n) is 2.84. The predicted molar refractivity (Wildman–Crippen MR) is 92.2 cm³/mol. The van der Waals surface area contributed by atoms with Gasteiger partial charge in [0.25, 0.3) is 0 Å². The summed E-state index contributed by atoms with van der Waals surface area (Å²) in [6.07, 6.45) is 1.06. The smallest absolute Gasteiger partial charge is 0.307 e. The Bertz CT molecular complexity index is 643. The van der Waals surface area contributed by atoms with E-state index in [9.17, 15) is 9.90 Å². The van der Waals surface area contributed by atoms with Gasteiger partial charge >= 0.3 is 5.97 Å². The van der Waals surface area contributed by atoms with Crippen LogP contribution in [0.25, 0.3) is 0 Å². The van der Waals surface area contributed by atoms with Crippen LogP contribution in [0.4, 0.5) is 0 Å². The first-order valence-corrected chi connectivity index (χ1v) is 8.39. The average Bonchev–Trinajstić information content (AvgIpc) is 3.11. The molecule has 136 valence electrons. The van der Waals surface area contributed by atoms with E-state index in [0.717, 1.165) is 11.3 Å². The molecule has 25 heavy (non-hydrogen) atoms. The van der Waals surface area contributed by atoms with Crippen molar-refractivity contribution in [1.82, 2.24) is 20.6 Å². The molecule has 1 aromatic carbocycles. The number of aromatic nitrogens is 4. The fraction of sp³-hybridized carbons (Fsp3) is 0.529. The molecule has 0 saturated heterocycles. The van der Waals surface area contributed by atoms with Crippen LogP contribution in [-0.2, 0) is 11.2 Å². The minimum absolute atomic E-state index is 0.252. The largest absolute Gasteiger partial charge is 0.492 e. The minimum Gasteiger partial charge on any atom is -0.492 e. The number of tetrazole rings is 1. The van der Waals surface area contributed by atoms with Gasteiger partial charge in [-0.1, -0.05) is 31.2 Å². The lowest BCUT2D eigenvalue weighted by Crippen LogP contribution is -2.26. The number of nitrogens with two attached hydrogens (primary N) is 1. The zero-order valence-corrected chi connectivity index (χ0v) is 14.6. The number of carbonyl (C=O) groups is 1. The van der Waals surface area contributed by atoms with E-state index in [1.54, 1.807) is 0 Å². The van der Waals surface area contributed by atoms with Crippen molar-refractivity contribution < 1.29 is 14.6 Å². The fourth-order valence-corrected chi connectivity index (χ4v) is 2.84. The van der Waals surface area contributed by atoms with Crippen molar-refractivity contribution in [3.63, 3.8) is 0 Å². The number of hydrogen-bond acceptors (Lipinski definition) is 6. The lowest BCUT2D eigenvalue weighted by atomic mass is 9.81. The Hall–Kier alpha value is -2.48. The monoisotopic (exact) mass is 347 g/mol. The van der Waals surface area contributed by atoms with E-state index in [4.69, 9.17) is 10.5 Å². The van der Waals surface area contributed by atoms with Gasteiger partial charge in [0.1, 0.15) is 12.4 Å². The molecule has 2 rings (SSSR count). The number of rotatable bonds is 10. The summed E-state index contributed by atoms with van der Waals surface area (Å²) in [4.78, 5) is 11.8. The highest BCUT2D eigenvalue weighted by Gasteiger charge is 2.33. The van der Waals surface area contributed by atoms with Crippen molar-refractivity contribution in [2.24, 2.45) is 17.6 Å². The van der Waals surface area contributed by atoms with E-state index in [2.05, 4.69) is 20.6 Å². The molecule has 0 amide bonds. The standard InChI is InChI=1S/C17H25N5O3/c1-11(2)9-15(17(23)24)14(16-19-21-22-20-16)10-12-3-5-13(6-4-12)25-8-7-18/h3-6,11,14-15H,7-10,18H2,1-2H3,(H,23,24)(H,19,20,21,22)/t14-,15-/m0/s1. The number of aliphatic carboxylic acids is 1. The molecule has 0 aliphatic rings. The molecule has 8 nitrogen and oxygen atoms in total. The topological polar surface area (TPSA) is 127 Å². The summed E-state index contributed by atoms with van der Waals surface area (Å²) in [6, 6.07) is 7.56. The van der Waals surface area contributed by atoms with Crippen LogP contribution in [0.15, 0.2) is 24.3 Å². The Morgan fingerprint density at radius 3 is 2.56 bits per heavy atom. The highest BCUT2D eigenvalue weighted by Crippen LogP contribution is 2.31. The Morgan fingerprint density at radius 1 is 1.32 bits per heavy atom. The highest BCUT2D eigenvalue weighted by molar-refractivity contribution is 5.71. The normalized spacial score (nSPS) is 13.6. The number of carboxylic acids is 1. The van der Waals surface area contributed by atoms with E-state index in [-0.39, 0.29) is 11.8 Å². The average molecular weight is 347 g/mol. The summed E-state index contributed by atoms with van der Waals surface area (Å²) in [5.74, 6) is -0.354. The van der Waals surface area contributed by atoms with Crippen LogP contribution in [0.1, 0.15) is 37.6 Å². The number of ether oxygens (including phenoxy) is 1. The molecule has 0 saturated carbocycles. The van der Waals surface area contributed by atoms with Gasteiger partial charge in [0.2, 0.25) is 0 Å². The predicted octanol–water partition coefficient (Wildman–Crippen LogP) is 1.61. The maximum atomic E-state index is 11.8. The molecule has 2 aromatic rings. The second-order valence-corrected chi connectivity index (χ2v) is 6.44. The number of nitrogens with one attached hydrogen (secondary N) is 1. The van der Waals surface area contributed by atoms with Crippen LogP contribution in [0.5, 0.6) is 5.75 Å². The van der Waals surface area contributed by atoms with Gasteiger partial charge in [-0.15, -0.1) is 10.2 Å². The lowest BCUT2D eigenvalue weighted by Gasteiger charge is -2.23. The second-order valence-electron chi connectivity index (χ2n) is 6.44. The Labute approximate surface area is 146 Å². The minimum atomic E-state index is -0.841. The third-order valence-corrected chi connectivity index (χ3v) is 3.99. The van der Waals surface area contributed by atoms with Crippen LogP contribution < -0.4 is 10.5 Å². The van der Waals surface area contributed by atoms with Gasteiger partial charge in [-0.2, -0.15) is 5.21 Å². The highest BCUT2D eigenvalue weighted by atomic mass is 16.5. The van der Waals surface area contributed by atoms with E-state index < -0.39 is 11.9 Å². The van der Waals surface area contributed by atoms with E-state index in [1.807, 2.05) is 38.1 Å². The van der Waals surface area contributed by atoms with Gasteiger partial charge in [0.15, 0.2) is 5.82 Å². The first kappa shape index (κ1) is 18.9. The van der Waals surface area contributed by atoms with Gasteiger partial charge in [-0.05, 0) is 36.5 Å². The summed E-state index contributed by atoms with van der Waals surface area (Å²) >= 11 is 0. The summed E-state index contributed by atoms with van der Waals surface area (Å²) in [5.41, 5.74) is 6.41. The molecular weight excluding hydrogens is 322 g/mol. The zero-order chi connectivity index (χ0) is 18.2. The molecule has 0 spiro atoms. The molecule has 0 fully saturated rings. The van der Waals surface area contributed by atoms with Crippen molar-refractivity contribution in [2.45, 2.75) is 32.6 Å². The third kappa shape index (κ3) is 5.53. The molecular formula is C17H25N5O3. The van der Waals surface area contributed by atoms with Crippen LogP contribution >= 0.6 is 0 Å². The Kier molecular flexibility index (Phi) is 6.88. The van der Waals surface area contributed by atoms with Crippen molar-refractivity contribution in [1.29, 1.82) is 0 Å². The van der Waals surface area contributed by atoms with Gasteiger partial charge < -0.3 is 15.6 Å². The van der Waals surface area contributed by atoms with E-state index >= 15 is 0 Å².